The molecule has 4 nitrogen and oxygen atoms in total. The summed E-state index contributed by atoms with van der Waals surface area (Å²) in [4.78, 5) is 5.84. The molecule has 1 saturated heterocycles. The number of aromatic nitrogens is 1. The quantitative estimate of drug-likeness (QED) is 0.683. The molecular weight excluding hydrogens is 336 g/mol. The van der Waals surface area contributed by atoms with E-state index in [1.165, 1.54) is 30.2 Å². The highest BCUT2D eigenvalue weighted by Gasteiger charge is 2.15. The molecule has 4 rings (SSSR count). The average molecular weight is 364 g/mol. The number of piperidine rings is 1. The molecule has 1 atom stereocenters. The number of H-pyrrole nitrogens is 1. The van der Waals surface area contributed by atoms with Crippen LogP contribution in [0.5, 0.6) is 5.75 Å². The number of nitrogens with zero attached hydrogens (tertiary/aromatic N) is 1. The van der Waals surface area contributed by atoms with Crippen molar-refractivity contribution < 1.29 is 9.84 Å². The largest absolute Gasteiger partial charge is 0.491 e. The van der Waals surface area contributed by atoms with Crippen LogP contribution in [0.2, 0.25) is 0 Å². The van der Waals surface area contributed by atoms with Crippen LogP contribution in [0.1, 0.15) is 24.8 Å². The molecule has 2 heterocycles. The van der Waals surface area contributed by atoms with Gasteiger partial charge in [0.1, 0.15) is 18.5 Å². The van der Waals surface area contributed by atoms with Gasteiger partial charge in [0.15, 0.2) is 0 Å². The third-order valence-corrected chi connectivity index (χ3v) is 5.47. The number of fused-ring (bicyclic) bond motifs is 1. The minimum atomic E-state index is -0.446. The van der Waals surface area contributed by atoms with E-state index in [0.717, 1.165) is 35.6 Å². The molecule has 0 amide bonds. The van der Waals surface area contributed by atoms with E-state index in [1.54, 1.807) is 0 Å². The summed E-state index contributed by atoms with van der Waals surface area (Å²) in [6.45, 7) is 5.37. The Bertz CT molecular complexity index is 879. The van der Waals surface area contributed by atoms with E-state index in [0.29, 0.717) is 13.2 Å². The fourth-order valence-corrected chi connectivity index (χ4v) is 3.97. The lowest BCUT2D eigenvalue weighted by Gasteiger charge is -2.28. The van der Waals surface area contributed by atoms with Crippen molar-refractivity contribution in [1.29, 1.82) is 0 Å². The summed E-state index contributed by atoms with van der Waals surface area (Å²) in [6, 6.07) is 16.5. The van der Waals surface area contributed by atoms with Gasteiger partial charge in [-0.15, -0.1) is 0 Å². The van der Waals surface area contributed by atoms with Crippen molar-refractivity contribution in [2.45, 2.75) is 32.3 Å². The van der Waals surface area contributed by atoms with Gasteiger partial charge in [-0.3, -0.25) is 0 Å². The Hall–Kier alpha value is -2.30. The van der Waals surface area contributed by atoms with Crippen LogP contribution >= 0.6 is 0 Å². The van der Waals surface area contributed by atoms with Gasteiger partial charge in [-0.05, 0) is 74.3 Å². The number of aliphatic hydroxyl groups excluding tert-OH is 1. The van der Waals surface area contributed by atoms with Crippen LogP contribution in [0.3, 0.4) is 0 Å². The highest BCUT2D eigenvalue weighted by molar-refractivity contribution is 5.90. The number of aryl methyl sites for hydroxylation is 1. The first-order valence-electron chi connectivity index (χ1n) is 9.91. The molecule has 3 aromatic rings. The van der Waals surface area contributed by atoms with Crippen molar-refractivity contribution in [3.63, 3.8) is 0 Å². The van der Waals surface area contributed by atoms with Crippen molar-refractivity contribution >= 4 is 10.9 Å². The van der Waals surface area contributed by atoms with Crippen LogP contribution < -0.4 is 4.74 Å². The molecule has 2 aromatic carbocycles. The maximum atomic E-state index is 10.2. The zero-order chi connectivity index (χ0) is 18.6. The average Bonchev–Trinajstić information content (AvgIpc) is 3.04. The number of benzene rings is 2. The van der Waals surface area contributed by atoms with Crippen LogP contribution in [0.4, 0.5) is 0 Å². The molecule has 0 aliphatic carbocycles. The van der Waals surface area contributed by atoms with E-state index < -0.39 is 6.10 Å². The molecule has 2 N–H and O–H groups in total. The first-order chi connectivity index (χ1) is 13.2. The maximum absolute atomic E-state index is 10.2. The van der Waals surface area contributed by atoms with E-state index in [1.807, 2.05) is 18.2 Å². The number of aromatic amines is 1. The maximum Gasteiger partial charge on any atom is 0.119 e. The molecule has 142 valence electrons. The molecular formula is C23H28N2O2. The molecule has 0 bridgehead atoms. The van der Waals surface area contributed by atoms with Gasteiger partial charge in [0, 0.05) is 23.1 Å². The zero-order valence-electron chi connectivity index (χ0n) is 15.9. The highest BCUT2D eigenvalue weighted by atomic mass is 16.5. The third kappa shape index (κ3) is 4.18. The van der Waals surface area contributed by atoms with Crippen molar-refractivity contribution in [1.82, 2.24) is 9.88 Å². The molecule has 1 aromatic heterocycles. The summed E-state index contributed by atoms with van der Waals surface area (Å²) in [5.74, 6) is 0.796. The van der Waals surface area contributed by atoms with Crippen molar-refractivity contribution in [2.24, 2.45) is 0 Å². The summed E-state index contributed by atoms with van der Waals surface area (Å²) >= 11 is 0. The molecule has 0 spiro atoms. The summed E-state index contributed by atoms with van der Waals surface area (Å²) in [7, 11) is 0. The summed E-state index contributed by atoms with van der Waals surface area (Å²) in [5.41, 5.74) is 4.71. The smallest absolute Gasteiger partial charge is 0.119 e. The summed E-state index contributed by atoms with van der Waals surface area (Å²) < 4.78 is 5.80. The Kier molecular flexibility index (Phi) is 5.46. The van der Waals surface area contributed by atoms with E-state index in [2.05, 4.69) is 47.1 Å². The van der Waals surface area contributed by atoms with Gasteiger partial charge in [-0.25, -0.2) is 0 Å². The number of hydrogen-bond acceptors (Lipinski definition) is 3. The van der Waals surface area contributed by atoms with Gasteiger partial charge in [0.05, 0.1) is 0 Å². The SMILES string of the molecule is Cc1c(-c2ccc(OCC(O)CN3CCCCC3)cc2)[nH]c2ccccc12. The van der Waals surface area contributed by atoms with Gasteiger partial charge in [-0.1, -0.05) is 24.6 Å². The van der Waals surface area contributed by atoms with Gasteiger partial charge >= 0.3 is 0 Å². The van der Waals surface area contributed by atoms with Crippen LogP contribution in [0, 0.1) is 6.92 Å². The summed E-state index contributed by atoms with van der Waals surface area (Å²) in [6.07, 6.45) is 3.34. The number of hydrogen-bond donors (Lipinski definition) is 2. The lowest BCUT2D eigenvalue weighted by molar-refractivity contribution is 0.0617. The Morgan fingerprint density at radius 3 is 2.52 bits per heavy atom. The number of para-hydroxylation sites is 1. The number of β-amino-alcohol motifs (C(OH)–C–C–N with tert-alkyl or cyclic N) is 1. The molecule has 1 aliphatic heterocycles. The second kappa shape index (κ2) is 8.15. The van der Waals surface area contributed by atoms with E-state index in [9.17, 15) is 5.11 Å². The molecule has 4 heteroatoms. The highest BCUT2D eigenvalue weighted by Crippen LogP contribution is 2.30. The van der Waals surface area contributed by atoms with Crippen LogP contribution in [0.15, 0.2) is 48.5 Å². The molecule has 27 heavy (non-hydrogen) atoms. The van der Waals surface area contributed by atoms with Gasteiger partial charge in [0.25, 0.3) is 0 Å². The monoisotopic (exact) mass is 364 g/mol. The second-order valence-electron chi connectivity index (χ2n) is 7.52. The molecule has 0 radical (unpaired) electrons. The second-order valence-corrected chi connectivity index (χ2v) is 7.52. The Labute approximate surface area is 160 Å². The van der Waals surface area contributed by atoms with Crippen molar-refractivity contribution in [2.75, 3.05) is 26.2 Å². The third-order valence-electron chi connectivity index (χ3n) is 5.47. The minimum Gasteiger partial charge on any atom is -0.491 e. The van der Waals surface area contributed by atoms with Crippen molar-refractivity contribution in [3.8, 4) is 17.0 Å². The predicted molar refractivity (Wildman–Crippen MR) is 110 cm³/mol. The number of aliphatic hydroxyl groups is 1. The first-order valence-corrected chi connectivity index (χ1v) is 9.91. The van der Waals surface area contributed by atoms with Gasteiger partial charge < -0.3 is 19.7 Å². The zero-order valence-corrected chi connectivity index (χ0v) is 15.9. The number of nitrogens with one attached hydrogen (secondary N) is 1. The van der Waals surface area contributed by atoms with Crippen LogP contribution in [-0.4, -0.2) is 47.3 Å². The number of ether oxygens (including phenoxy) is 1. The van der Waals surface area contributed by atoms with E-state index in [4.69, 9.17) is 4.74 Å². The predicted octanol–water partition coefficient (Wildman–Crippen LogP) is 4.37. The van der Waals surface area contributed by atoms with E-state index in [-0.39, 0.29) is 0 Å². The number of rotatable bonds is 6. The van der Waals surface area contributed by atoms with Crippen LogP contribution in [0.25, 0.3) is 22.2 Å². The van der Waals surface area contributed by atoms with Crippen LogP contribution in [-0.2, 0) is 0 Å². The summed E-state index contributed by atoms with van der Waals surface area (Å²) in [5, 5.41) is 11.5. The molecule has 1 unspecified atom stereocenters. The van der Waals surface area contributed by atoms with Crippen molar-refractivity contribution in [3.05, 3.63) is 54.1 Å². The Morgan fingerprint density at radius 2 is 1.78 bits per heavy atom. The standard InChI is InChI=1S/C23H28N2O2/c1-17-21-7-3-4-8-22(21)24-23(17)18-9-11-20(12-10-18)27-16-19(26)15-25-13-5-2-6-14-25/h3-4,7-12,19,24,26H,2,5-6,13-16H2,1H3. The van der Waals surface area contributed by atoms with E-state index >= 15 is 0 Å². The lowest BCUT2D eigenvalue weighted by Crippen LogP contribution is -2.38. The lowest BCUT2D eigenvalue weighted by atomic mass is 10.1. The molecule has 1 aliphatic rings. The minimum absolute atomic E-state index is 0.335. The first kappa shape index (κ1) is 18.1. The topological polar surface area (TPSA) is 48.5 Å². The number of likely N-dealkylation sites (tertiary alicyclic amines) is 1. The fourth-order valence-electron chi connectivity index (χ4n) is 3.97. The molecule has 0 saturated carbocycles. The van der Waals surface area contributed by atoms with Gasteiger partial charge in [0.2, 0.25) is 0 Å². The Balaban J connectivity index is 1.37. The normalized spacial score (nSPS) is 16.5. The Morgan fingerprint density at radius 1 is 1.04 bits per heavy atom. The molecule has 1 fully saturated rings. The van der Waals surface area contributed by atoms with Gasteiger partial charge in [-0.2, -0.15) is 0 Å². The fraction of sp³-hybridized carbons (Fsp3) is 0.391.